The fraction of sp³-hybridized carbons (Fsp3) is 0.538. The van der Waals surface area contributed by atoms with Crippen molar-refractivity contribution >= 4 is 44.8 Å². The van der Waals surface area contributed by atoms with Gasteiger partial charge in [0.1, 0.15) is 4.90 Å². The summed E-state index contributed by atoms with van der Waals surface area (Å²) < 4.78 is 26.8. The average molecular weight is 357 g/mol. The van der Waals surface area contributed by atoms with E-state index in [1.165, 1.54) is 16.4 Å². The highest BCUT2D eigenvalue weighted by Crippen LogP contribution is 2.36. The number of benzene rings is 1. The van der Waals surface area contributed by atoms with Crippen molar-refractivity contribution in [2.45, 2.75) is 31.0 Å². The fourth-order valence-corrected chi connectivity index (χ4v) is 5.04. The molecule has 0 radical (unpaired) electrons. The van der Waals surface area contributed by atoms with Crippen LogP contribution in [0.2, 0.25) is 10.0 Å². The van der Waals surface area contributed by atoms with Crippen molar-refractivity contribution in [3.8, 4) is 0 Å². The van der Waals surface area contributed by atoms with Gasteiger partial charge in [-0.3, -0.25) is 0 Å². The summed E-state index contributed by atoms with van der Waals surface area (Å²) in [5.74, 6) is 0.143. The second-order valence-electron chi connectivity index (χ2n) is 5.76. The van der Waals surface area contributed by atoms with Crippen molar-refractivity contribution < 1.29 is 8.42 Å². The van der Waals surface area contributed by atoms with E-state index in [2.05, 4.69) is 13.8 Å². The molecule has 0 amide bonds. The van der Waals surface area contributed by atoms with Gasteiger partial charge in [0.15, 0.2) is 0 Å². The molecule has 0 saturated carbocycles. The molecule has 0 atom stereocenters. The minimum atomic E-state index is -3.61. The molecule has 0 spiro atoms. The molecule has 2 rings (SSSR count). The zero-order valence-electron chi connectivity index (χ0n) is 11.3. The first kappa shape index (κ1) is 16.4. The van der Waals surface area contributed by atoms with Crippen LogP contribution in [0.3, 0.4) is 0 Å². The molecule has 0 aliphatic carbocycles. The van der Waals surface area contributed by atoms with Crippen LogP contribution in [-0.4, -0.2) is 25.8 Å². The summed E-state index contributed by atoms with van der Waals surface area (Å²) in [6.45, 7) is 5.10. The van der Waals surface area contributed by atoms with E-state index >= 15 is 0 Å². The zero-order valence-corrected chi connectivity index (χ0v) is 14.4. The lowest BCUT2D eigenvalue weighted by Crippen LogP contribution is -2.30. The number of rotatable bonds is 3. The maximum atomic E-state index is 12.7. The predicted molar refractivity (Wildman–Crippen MR) is 83.2 cm³/mol. The lowest BCUT2D eigenvalue weighted by molar-refractivity contribution is 0.375. The van der Waals surface area contributed by atoms with E-state index in [0.717, 1.165) is 6.42 Å². The van der Waals surface area contributed by atoms with E-state index < -0.39 is 10.0 Å². The van der Waals surface area contributed by atoms with Gasteiger partial charge in [-0.2, -0.15) is 4.31 Å². The third-order valence-electron chi connectivity index (χ3n) is 3.51. The number of hydrogen-bond acceptors (Lipinski definition) is 2. The Morgan fingerprint density at radius 1 is 1.25 bits per heavy atom. The van der Waals surface area contributed by atoms with Crippen LogP contribution in [0.5, 0.6) is 0 Å². The molecule has 1 heterocycles. The van der Waals surface area contributed by atoms with Gasteiger partial charge in [-0.1, -0.05) is 37.0 Å². The van der Waals surface area contributed by atoms with E-state index in [9.17, 15) is 8.42 Å². The molecular weight excluding hydrogens is 341 g/mol. The first-order valence-corrected chi connectivity index (χ1v) is 8.94. The Kier molecular flexibility index (Phi) is 4.63. The molecule has 1 aromatic rings. The largest absolute Gasteiger partial charge is 0.244 e. The first-order valence-electron chi connectivity index (χ1n) is 6.21. The lowest BCUT2D eigenvalue weighted by atomic mass is 9.93. The predicted octanol–water partition coefficient (Wildman–Crippen LogP) is 4.15. The summed E-state index contributed by atoms with van der Waals surface area (Å²) in [4.78, 5) is 0.0805. The first-order chi connectivity index (χ1) is 9.17. The Labute approximate surface area is 134 Å². The highest BCUT2D eigenvalue weighted by Gasteiger charge is 2.37. The number of nitrogens with zero attached hydrogens (tertiary/aromatic N) is 1. The van der Waals surface area contributed by atoms with Crippen molar-refractivity contribution in [1.82, 2.24) is 4.31 Å². The van der Waals surface area contributed by atoms with Gasteiger partial charge in [0.05, 0.1) is 5.02 Å². The molecule has 0 unspecified atom stereocenters. The highest BCUT2D eigenvalue weighted by atomic mass is 35.5. The Bertz CT molecular complexity index is 629. The van der Waals surface area contributed by atoms with Crippen molar-refractivity contribution in [3.63, 3.8) is 0 Å². The normalized spacial score (nSPS) is 19.4. The SMILES string of the molecule is CC1(C)CCN(S(=O)(=O)c2cc(CCl)c(Cl)cc2Cl)C1. The molecule has 7 heteroatoms. The molecule has 112 valence electrons. The van der Waals surface area contributed by atoms with Gasteiger partial charge in [0.25, 0.3) is 0 Å². The molecule has 0 aromatic heterocycles. The van der Waals surface area contributed by atoms with Crippen LogP contribution in [0.15, 0.2) is 17.0 Å². The zero-order chi connectivity index (χ0) is 15.1. The van der Waals surface area contributed by atoms with E-state index in [0.29, 0.717) is 23.7 Å². The molecule has 0 bridgehead atoms. The molecule has 0 N–H and O–H groups in total. The number of sulfonamides is 1. The van der Waals surface area contributed by atoms with Gasteiger partial charge in [0, 0.05) is 24.0 Å². The molecule has 1 saturated heterocycles. The van der Waals surface area contributed by atoms with Crippen LogP contribution in [0.4, 0.5) is 0 Å². The molecule has 20 heavy (non-hydrogen) atoms. The van der Waals surface area contributed by atoms with Crippen LogP contribution >= 0.6 is 34.8 Å². The van der Waals surface area contributed by atoms with E-state index in [-0.39, 0.29) is 21.2 Å². The minimum absolute atomic E-state index is 0.0126. The summed E-state index contributed by atoms with van der Waals surface area (Å²) in [5.41, 5.74) is 0.552. The summed E-state index contributed by atoms with van der Waals surface area (Å²) in [6.07, 6.45) is 0.833. The number of hydrogen-bond donors (Lipinski definition) is 0. The van der Waals surface area contributed by atoms with Crippen molar-refractivity contribution in [2.75, 3.05) is 13.1 Å². The third-order valence-corrected chi connectivity index (χ3v) is 6.45. The van der Waals surface area contributed by atoms with Crippen LogP contribution in [0.1, 0.15) is 25.8 Å². The van der Waals surface area contributed by atoms with Crippen LogP contribution in [0.25, 0.3) is 0 Å². The molecule has 3 nitrogen and oxygen atoms in total. The maximum absolute atomic E-state index is 12.7. The fourth-order valence-electron chi connectivity index (χ4n) is 2.28. The Balaban J connectivity index is 2.45. The van der Waals surface area contributed by atoms with Gasteiger partial charge in [-0.05, 0) is 29.5 Å². The molecule has 1 aliphatic heterocycles. The molecule has 1 aromatic carbocycles. The van der Waals surface area contributed by atoms with E-state index in [1.807, 2.05) is 0 Å². The van der Waals surface area contributed by atoms with E-state index in [1.54, 1.807) is 0 Å². The van der Waals surface area contributed by atoms with E-state index in [4.69, 9.17) is 34.8 Å². The van der Waals surface area contributed by atoms with Gasteiger partial charge < -0.3 is 0 Å². The summed E-state index contributed by atoms with van der Waals surface area (Å²) in [5, 5.41) is 0.513. The number of halogens is 3. The monoisotopic (exact) mass is 355 g/mol. The minimum Gasteiger partial charge on any atom is -0.207 e. The smallest absolute Gasteiger partial charge is 0.207 e. The Morgan fingerprint density at radius 2 is 1.90 bits per heavy atom. The van der Waals surface area contributed by atoms with Crippen molar-refractivity contribution in [1.29, 1.82) is 0 Å². The number of alkyl halides is 1. The Hall–Kier alpha value is -0.000000000000000111. The van der Waals surface area contributed by atoms with Crippen molar-refractivity contribution in [2.24, 2.45) is 5.41 Å². The maximum Gasteiger partial charge on any atom is 0.244 e. The standard InChI is InChI=1S/C13H16Cl3NO2S/c1-13(2)3-4-17(8-13)20(18,19)12-5-9(7-14)10(15)6-11(12)16/h5-6H,3-4,7-8H2,1-2H3. The second-order valence-corrected chi connectivity index (χ2v) is 8.75. The van der Waals surface area contributed by atoms with Gasteiger partial charge in [-0.15, -0.1) is 11.6 Å². The van der Waals surface area contributed by atoms with Crippen LogP contribution in [-0.2, 0) is 15.9 Å². The van der Waals surface area contributed by atoms with Gasteiger partial charge in [-0.25, -0.2) is 8.42 Å². The second kappa shape index (κ2) is 5.65. The average Bonchev–Trinajstić information content (AvgIpc) is 2.70. The summed E-state index contributed by atoms with van der Waals surface area (Å²) >= 11 is 17.8. The van der Waals surface area contributed by atoms with Crippen molar-refractivity contribution in [3.05, 3.63) is 27.7 Å². The van der Waals surface area contributed by atoms with Crippen LogP contribution < -0.4 is 0 Å². The van der Waals surface area contributed by atoms with Crippen LogP contribution in [0, 0.1) is 5.41 Å². The molecular formula is C13H16Cl3NO2S. The molecule has 1 aliphatic rings. The quantitative estimate of drug-likeness (QED) is 0.763. The topological polar surface area (TPSA) is 37.4 Å². The lowest BCUT2D eigenvalue weighted by Gasteiger charge is -2.20. The summed E-state index contributed by atoms with van der Waals surface area (Å²) in [7, 11) is -3.61. The highest BCUT2D eigenvalue weighted by molar-refractivity contribution is 7.89. The third kappa shape index (κ3) is 3.09. The van der Waals surface area contributed by atoms with Gasteiger partial charge >= 0.3 is 0 Å². The molecule has 1 fully saturated rings. The summed E-state index contributed by atoms with van der Waals surface area (Å²) in [6, 6.07) is 2.91. The van der Waals surface area contributed by atoms with Gasteiger partial charge in [0.2, 0.25) is 10.0 Å². The Morgan fingerprint density at radius 3 is 2.40 bits per heavy atom.